The maximum Gasteiger partial charge on any atom is 0.166 e. The largest absolute Gasteiger partial charge is 0.349 e. The summed E-state index contributed by atoms with van der Waals surface area (Å²) in [6.07, 6.45) is 3.69. The lowest BCUT2D eigenvalue weighted by Gasteiger charge is -2.07. The first-order chi connectivity index (χ1) is 8.97. The number of nitrogens with zero attached hydrogens (tertiary/aromatic N) is 1. The number of hydrogen-bond acceptors (Lipinski definition) is 1. The Bertz CT molecular complexity index is 599. The first-order valence-electron chi connectivity index (χ1n) is 6.42. The number of aromatic nitrogens is 1. The van der Waals surface area contributed by atoms with Crippen LogP contribution in [0.4, 0.5) is 4.39 Å². The highest BCUT2D eigenvalue weighted by Crippen LogP contribution is 2.14. The quantitative estimate of drug-likeness (QED) is 0.765. The SMILES string of the molecule is Cc1ccc(F)cc1Cn1ccc(C(=O)C(C)C)c1. The molecule has 0 fully saturated rings. The Labute approximate surface area is 112 Å². The van der Waals surface area contributed by atoms with Gasteiger partial charge >= 0.3 is 0 Å². The van der Waals surface area contributed by atoms with E-state index in [-0.39, 0.29) is 17.5 Å². The van der Waals surface area contributed by atoms with Crippen molar-refractivity contribution in [2.24, 2.45) is 5.92 Å². The summed E-state index contributed by atoms with van der Waals surface area (Å²) in [6.45, 7) is 6.31. The summed E-state index contributed by atoms with van der Waals surface area (Å²) in [5.41, 5.74) is 2.69. The lowest BCUT2D eigenvalue weighted by molar-refractivity contribution is 0.0939. The van der Waals surface area contributed by atoms with Crippen molar-refractivity contribution in [2.45, 2.75) is 27.3 Å². The molecule has 1 aromatic carbocycles. The van der Waals surface area contributed by atoms with E-state index in [1.54, 1.807) is 12.1 Å². The predicted octanol–water partition coefficient (Wildman–Crippen LogP) is 3.82. The molecule has 0 bridgehead atoms. The first kappa shape index (κ1) is 13.5. The molecule has 3 heteroatoms. The number of ketones is 1. The Hall–Kier alpha value is -1.90. The normalized spacial score (nSPS) is 11.0. The molecule has 0 N–H and O–H groups in total. The molecule has 19 heavy (non-hydrogen) atoms. The second-order valence-corrected chi connectivity index (χ2v) is 5.16. The number of carbonyl (C=O) groups is 1. The van der Waals surface area contributed by atoms with Crippen molar-refractivity contribution in [3.63, 3.8) is 0 Å². The van der Waals surface area contributed by atoms with E-state index < -0.39 is 0 Å². The number of carbonyl (C=O) groups excluding carboxylic acids is 1. The molecule has 0 radical (unpaired) electrons. The molecule has 2 aromatic rings. The third-order valence-corrected chi connectivity index (χ3v) is 3.22. The lowest BCUT2D eigenvalue weighted by Crippen LogP contribution is -2.06. The van der Waals surface area contributed by atoms with Gasteiger partial charge in [-0.05, 0) is 36.2 Å². The summed E-state index contributed by atoms with van der Waals surface area (Å²) in [4.78, 5) is 11.9. The zero-order valence-corrected chi connectivity index (χ0v) is 11.5. The van der Waals surface area contributed by atoms with Crippen molar-refractivity contribution in [3.05, 3.63) is 59.2 Å². The molecular formula is C16H18FNO. The zero-order valence-electron chi connectivity index (χ0n) is 11.5. The number of rotatable bonds is 4. The van der Waals surface area contributed by atoms with E-state index in [4.69, 9.17) is 0 Å². The molecule has 0 amide bonds. The van der Waals surface area contributed by atoms with E-state index in [0.717, 1.165) is 11.1 Å². The van der Waals surface area contributed by atoms with Crippen molar-refractivity contribution in [1.29, 1.82) is 0 Å². The Morgan fingerprint density at radius 2 is 2.05 bits per heavy atom. The van der Waals surface area contributed by atoms with E-state index in [1.807, 2.05) is 43.8 Å². The monoisotopic (exact) mass is 259 g/mol. The van der Waals surface area contributed by atoms with Crippen LogP contribution >= 0.6 is 0 Å². The van der Waals surface area contributed by atoms with Crippen molar-refractivity contribution in [2.75, 3.05) is 0 Å². The lowest BCUT2D eigenvalue weighted by atomic mass is 10.0. The summed E-state index contributed by atoms with van der Waals surface area (Å²) >= 11 is 0. The molecule has 2 nitrogen and oxygen atoms in total. The van der Waals surface area contributed by atoms with E-state index in [0.29, 0.717) is 12.1 Å². The van der Waals surface area contributed by atoms with Gasteiger partial charge in [-0.2, -0.15) is 0 Å². The van der Waals surface area contributed by atoms with Crippen LogP contribution in [0.3, 0.4) is 0 Å². The van der Waals surface area contributed by atoms with Crippen LogP contribution in [0.5, 0.6) is 0 Å². The molecule has 0 saturated heterocycles. The average Bonchev–Trinajstić information content (AvgIpc) is 2.81. The Morgan fingerprint density at radius 1 is 1.32 bits per heavy atom. The molecule has 1 heterocycles. The highest BCUT2D eigenvalue weighted by atomic mass is 19.1. The van der Waals surface area contributed by atoms with Crippen LogP contribution in [0, 0.1) is 18.7 Å². The van der Waals surface area contributed by atoms with Gasteiger partial charge < -0.3 is 4.57 Å². The van der Waals surface area contributed by atoms with Crippen LogP contribution in [-0.4, -0.2) is 10.4 Å². The molecule has 0 aliphatic rings. The molecule has 0 saturated carbocycles. The zero-order chi connectivity index (χ0) is 14.0. The number of aryl methyl sites for hydroxylation is 1. The van der Waals surface area contributed by atoms with Crippen molar-refractivity contribution < 1.29 is 9.18 Å². The fourth-order valence-corrected chi connectivity index (χ4v) is 2.03. The first-order valence-corrected chi connectivity index (χ1v) is 6.42. The minimum absolute atomic E-state index is 0.00763. The Morgan fingerprint density at radius 3 is 2.74 bits per heavy atom. The maximum absolute atomic E-state index is 13.2. The Balaban J connectivity index is 2.20. The van der Waals surface area contributed by atoms with Crippen LogP contribution in [0.15, 0.2) is 36.7 Å². The summed E-state index contributed by atoms with van der Waals surface area (Å²) in [7, 11) is 0. The summed E-state index contributed by atoms with van der Waals surface area (Å²) in [5, 5.41) is 0. The van der Waals surface area contributed by atoms with Gasteiger partial charge in [0.15, 0.2) is 5.78 Å². The topological polar surface area (TPSA) is 22.0 Å². The standard InChI is InChI=1S/C16H18FNO/c1-11(2)16(19)13-6-7-18(9-13)10-14-8-15(17)5-4-12(14)3/h4-9,11H,10H2,1-3H3. The van der Waals surface area contributed by atoms with E-state index in [1.165, 1.54) is 6.07 Å². The van der Waals surface area contributed by atoms with Gasteiger partial charge in [-0.25, -0.2) is 4.39 Å². The van der Waals surface area contributed by atoms with Gasteiger partial charge in [-0.15, -0.1) is 0 Å². The van der Waals surface area contributed by atoms with E-state index in [9.17, 15) is 9.18 Å². The molecule has 2 rings (SSSR count). The minimum atomic E-state index is -0.230. The van der Waals surface area contributed by atoms with Gasteiger partial charge in [0, 0.05) is 30.4 Å². The van der Waals surface area contributed by atoms with E-state index >= 15 is 0 Å². The molecule has 0 unspecified atom stereocenters. The average molecular weight is 259 g/mol. The van der Waals surface area contributed by atoms with Gasteiger partial charge in [0.05, 0.1) is 0 Å². The summed E-state index contributed by atoms with van der Waals surface area (Å²) in [6, 6.07) is 6.59. The fraction of sp³-hybridized carbons (Fsp3) is 0.312. The van der Waals surface area contributed by atoms with Crippen LogP contribution in [0.2, 0.25) is 0 Å². The predicted molar refractivity (Wildman–Crippen MR) is 73.8 cm³/mol. The van der Waals surface area contributed by atoms with Crippen LogP contribution in [-0.2, 0) is 6.54 Å². The second-order valence-electron chi connectivity index (χ2n) is 5.16. The van der Waals surface area contributed by atoms with Gasteiger partial charge in [0.2, 0.25) is 0 Å². The summed E-state index contributed by atoms with van der Waals surface area (Å²) < 4.78 is 15.1. The Kier molecular flexibility index (Phi) is 3.84. The summed E-state index contributed by atoms with van der Waals surface area (Å²) in [5.74, 6) is -0.104. The third-order valence-electron chi connectivity index (χ3n) is 3.22. The third kappa shape index (κ3) is 3.11. The van der Waals surface area contributed by atoms with Gasteiger partial charge in [0.1, 0.15) is 5.82 Å². The van der Waals surface area contributed by atoms with Gasteiger partial charge in [-0.3, -0.25) is 4.79 Å². The van der Waals surface area contributed by atoms with Crippen LogP contribution in [0.25, 0.3) is 0 Å². The second kappa shape index (κ2) is 5.39. The molecular weight excluding hydrogens is 241 g/mol. The smallest absolute Gasteiger partial charge is 0.166 e. The van der Waals surface area contributed by atoms with Crippen molar-refractivity contribution in [1.82, 2.24) is 4.57 Å². The van der Waals surface area contributed by atoms with Crippen molar-refractivity contribution >= 4 is 5.78 Å². The van der Waals surface area contributed by atoms with Gasteiger partial charge in [-0.1, -0.05) is 19.9 Å². The van der Waals surface area contributed by atoms with E-state index in [2.05, 4.69) is 0 Å². The molecule has 0 atom stereocenters. The molecule has 0 aliphatic carbocycles. The minimum Gasteiger partial charge on any atom is -0.349 e. The molecule has 1 aromatic heterocycles. The molecule has 0 aliphatic heterocycles. The molecule has 0 spiro atoms. The van der Waals surface area contributed by atoms with Crippen molar-refractivity contribution in [3.8, 4) is 0 Å². The van der Waals surface area contributed by atoms with Crippen LogP contribution < -0.4 is 0 Å². The number of benzene rings is 1. The van der Waals surface area contributed by atoms with Gasteiger partial charge in [0.25, 0.3) is 0 Å². The fourth-order valence-electron chi connectivity index (χ4n) is 2.03. The van der Waals surface area contributed by atoms with Crippen LogP contribution in [0.1, 0.15) is 35.3 Å². The highest BCUT2D eigenvalue weighted by molar-refractivity contribution is 5.97. The number of Topliss-reactive ketones (excluding diaryl/α,β-unsaturated/α-hetero) is 1. The number of halogens is 1. The maximum atomic E-state index is 13.2. The molecule has 100 valence electrons. The highest BCUT2D eigenvalue weighted by Gasteiger charge is 2.11. The number of hydrogen-bond donors (Lipinski definition) is 0.